The van der Waals surface area contributed by atoms with Crippen LogP contribution in [0.15, 0.2) is 58.5 Å². The Morgan fingerprint density at radius 1 is 1.17 bits per heavy atom. The van der Waals surface area contributed by atoms with E-state index < -0.39 is 0 Å². The molecule has 0 radical (unpaired) electrons. The van der Waals surface area contributed by atoms with Crippen LogP contribution in [0.5, 0.6) is 11.5 Å². The van der Waals surface area contributed by atoms with Crippen molar-refractivity contribution in [2.24, 2.45) is 4.99 Å². The number of benzene rings is 2. The molecule has 0 aliphatic rings. The highest BCUT2D eigenvalue weighted by molar-refractivity contribution is 9.10. The van der Waals surface area contributed by atoms with Crippen LogP contribution in [0, 0.1) is 6.92 Å². The molecule has 0 spiro atoms. The van der Waals surface area contributed by atoms with Crippen LogP contribution in [0.3, 0.4) is 0 Å². The Labute approximate surface area is 145 Å². The summed E-state index contributed by atoms with van der Waals surface area (Å²) < 4.78 is 12.2. The molecule has 0 amide bonds. The summed E-state index contributed by atoms with van der Waals surface area (Å²) in [7, 11) is 0. The molecular formula is C19H20BrNO2. The zero-order valence-electron chi connectivity index (χ0n) is 13.4. The lowest BCUT2D eigenvalue weighted by Crippen LogP contribution is -2.00. The highest BCUT2D eigenvalue weighted by Crippen LogP contribution is 2.36. The van der Waals surface area contributed by atoms with E-state index in [1.807, 2.05) is 49.5 Å². The predicted molar refractivity (Wildman–Crippen MR) is 99.4 cm³/mol. The van der Waals surface area contributed by atoms with Crippen LogP contribution >= 0.6 is 15.9 Å². The maximum atomic E-state index is 5.67. The lowest BCUT2D eigenvalue weighted by Gasteiger charge is -2.13. The molecule has 4 heteroatoms. The predicted octanol–water partition coefficient (Wildman–Crippen LogP) is 5.47. The molecule has 2 aromatic rings. The van der Waals surface area contributed by atoms with Gasteiger partial charge in [0.05, 0.1) is 16.8 Å². The van der Waals surface area contributed by atoms with Gasteiger partial charge in [0, 0.05) is 6.21 Å². The fourth-order valence-electron chi connectivity index (χ4n) is 1.99. The first-order valence-corrected chi connectivity index (χ1v) is 8.24. The first-order chi connectivity index (χ1) is 11.1. The zero-order chi connectivity index (χ0) is 16.7. The third-order valence-electron chi connectivity index (χ3n) is 3.07. The Hall–Kier alpha value is -2.07. The minimum Gasteiger partial charge on any atom is -0.490 e. The molecule has 0 unspecified atom stereocenters. The van der Waals surface area contributed by atoms with Crippen molar-refractivity contribution >= 4 is 27.8 Å². The molecule has 0 heterocycles. The van der Waals surface area contributed by atoms with Gasteiger partial charge < -0.3 is 9.47 Å². The zero-order valence-corrected chi connectivity index (χ0v) is 15.0. The van der Waals surface area contributed by atoms with Crippen molar-refractivity contribution in [1.82, 2.24) is 0 Å². The van der Waals surface area contributed by atoms with E-state index in [9.17, 15) is 0 Å². The van der Waals surface area contributed by atoms with Crippen LogP contribution in [-0.4, -0.2) is 19.4 Å². The fourth-order valence-corrected chi connectivity index (χ4v) is 2.56. The molecule has 2 rings (SSSR count). The van der Waals surface area contributed by atoms with E-state index in [1.54, 1.807) is 6.08 Å². The van der Waals surface area contributed by atoms with Crippen molar-refractivity contribution in [2.75, 3.05) is 13.2 Å². The maximum Gasteiger partial charge on any atom is 0.175 e. The van der Waals surface area contributed by atoms with Crippen molar-refractivity contribution in [3.63, 3.8) is 0 Å². The van der Waals surface area contributed by atoms with Gasteiger partial charge in [-0.05, 0) is 59.6 Å². The van der Waals surface area contributed by atoms with E-state index in [0.717, 1.165) is 15.7 Å². The summed E-state index contributed by atoms with van der Waals surface area (Å²) in [5.74, 6) is 1.37. The van der Waals surface area contributed by atoms with E-state index in [-0.39, 0.29) is 0 Å². The van der Waals surface area contributed by atoms with Gasteiger partial charge in [0.2, 0.25) is 0 Å². The summed E-state index contributed by atoms with van der Waals surface area (Å²) in [6.07, 6.45) is 3.52. The Balaban J connectivity index is 2.28. The minimum absolute atomic E-state index is 0.426. The molecule has 0 aromatic heterocycles. The summed E-state index contributed by atoms with van der Waals surface area (Å²) in [6, 6.07) is 11.9. The van der Waals surface area contributed by atoms with Crippen LogP contribution in [0.4, 0.5) is 5.69 Å². The van der Waals surface area contributed by atoms with Crippen LogP contribution in [0.25, 0.3) is 0 Å². The van der Waals surface area contributed by atoms with Gasteiger partial charge in [-0.2, -0.15) is 0 Å². The number of hydrogen-bond acceptors (Lipinski definition) is 3. The molecule has 0 N–H and O–H groups in total. The van der Waals surface area contributed by atoms with Gasteiger partial charge in [0.15, 0.2) is 11.5 Å². The summed E-state index contributed by atoms with van der Waals surface area (Å²) in [5.41, 5.74) is 3.07. The molecule has 2 aromatic carbocycles. The average molecular weight is 374 g/mol. The molecule has 23 heavy (non-hydrogen) atoms. The van der Waals surface area contributed by atoms with Crippen molar-refractivity contribution < 1.29 is 9.47 Å². The Morgan fingerprint density at radius 3 is 2.57 bits per heavy atom. The lowest BCUT2D eigenvalue weighted by atomic mass is 10.2. The van der Waals surface area contributed by atoms with Crippen molar-refractivity contribution in [3.8, 4) is 11.5 Å². The lowest BCUT2D eigenvalue weighted by molar-refractivity contribution is 0.295. The van der Waals surface area contributed by atoms with Crippen LogP contribution in [-0.2, 0) is 0 Å². The average Bonchev–Trinajstić information content (AvgIpc) is 2.54. The summed E-state index contributed by atoms with van der Waals surface area (Å²) in [6.45, 7) is 8.66. The van der Waals surface area contributed by atoms with Crippen LogP contribution < -0.4 is 9.47 Å². The first kappa shape index (κ1) is 17.3. The number of halogens is 1. The molecule has 0 atom stereocenters. The van der Waals surface area contributed by atoms with E-state index in [2.05, 4.69) is 34.4 Å². The molecule has 0 bridgehead atoms. The Kier molecular flexibility index (Phi) is 6.41. The number of nitrogens with zero attached hydrogens (tertiary/aromatic N) is 1. The summed E-state index contributed by atoms with van der Waals surface area (Å²) in [5, 5.41) is 0. The molecule has 0 aliphatic carbocycles. The molecule has 120 valence electrons. The monoisotopic (exact) mass is 373 g/mol. The molecular weight excluding hydrogens is 354 g/mol. The Bertz CT molecular complexity index is 693. The van der Waals surface area contributed by atoms with E-state index in [0.29, 0.717) is 24.7 Å². The number of rotatable bonds is 7. The van der Waals surface area contributed by atoms with Crippen molar-refractivity contribution in [2.45, 2.75) is 13.8 Å². The van der Waals surface area contributed by atoms with Gasteiger partial charge in [-0.3, -0.25) is 4.99 Å². The summed E-state index contributed by atoms with van der Waals surface area (Å²) >= 11 is 3.53. The second kappa shape index (κ2) is 8.53. The molecule has 0 aliphatic heterocycles. The van der Waals surface area contributed by atoms with E-state index in [1.165, 1.54) is 5.56 Å². The second-order valence-electron chi connectivity index (χ2n) is 4.96. The molecule has 0 fully saturated rings. The third-order valence-corrected chi connectivity index (χ3v) is 3.66. The highest BCUT2D eigenvalue weighted by atomic mass is 79.9. The molecule has 0 saturated heterocycles. The summed E-state index contributed by atoms with van der Waals surface area (Å²) in [4.78, 5) is 4.49. The molecule has 0 saturated carbocycles. The van der Waals surface area contributed by atoms with Gasteiger partial charge in [-0.25, -0.2) is 0 Å². The number of ether oxygens (including phenoxy) is 2. The van der Waals surface area contributed by atoms with Crippen molar-refractivity contribution in [1.29, 1.82) is 0 Å². The topological polar surface area (TPSA) is 30.8 Å². The largest absolute Gasteiger partial charge is 0.490 e. The number of aliphatic imine (C=N–C) groups is 1. The standard InChI is InChI=1S/C19H20BrNO2/c1-4-10-23-19-17(20)11-15(12-18(19)22-5-2)13-21-16-8-6-14(3)7-9-16/h4,6-9,11-13H,1,5,10H2,2-3H3. The minimum atomic E-state index is 0.426. The third kappa shape index (κ3) is 4.96. The fraction of sp³-hybridized carbons (Fsp3) is 0.211. The number of aryl methyl sites for hydroxylation is 1. The van der Waals surface area contributed by atoms with Gasteiger partial charge in [0.1, 0.15) is 6.61 Å². The van der Waals surface area contributed by atoms with Crippen LogP contribution in [0.2, 0.25) is 0 Å². The van der Waals surface area contributed by atoms with Crippen LogP contribution in [0.1, 0.15) is 18.1 Å². The second-order valence-corrected chi connectivity index (χ2v) is 5.81. The smallest absolute Gasteiger partial charge is 0.175 e. The van der Waals surface area contributed by atoms with Gasteiger partial charge >= 0.3 is 0 Å². The SMILES string of the molecule is C=CCOc1c(Br)cc(C=Nc2ccc(C)cc2)cc1OCC. The van der Waals surface area contributed by atoms with Gasteiger partial charge in [0.25, 0.3) is 0 Å². The Morgan fingerprint density at radius 2 is 1.91 bits per heavy atom. The molecule has 3 nitrogen and oxygen atoms in total. The van der Waals surface area contributed by atoms with Gasteiger partial charge in [-0.15, -0.1) is 0 Å². The van der Waals surface area contributed by atoms with Crippen molar-refractivity contribution in [3.05, 3.63) is 64.7 Å². The van der Waals surface area contributed by atoms with E-state index in [4.69, 9.17) is 9.47 Å². The normalized spacial score (nSPS) is 10.7. The maximum absolute atomic E-state index is 5.67. The quantitative estimate of drug-likeness (QED) is 0.475. The first-order valence-electron chi connectivity index (χ1n) is 7.44. The number of hydrogen-bond donors (Lipinski definition) is 0. The highest BCUT2D eigenvalue weighted by Gasteiger charge is 2.11. The van der Waals surface area contributed by atoms with Gasteiger partial charge in [-0.1, -0.05) is 30.4 Å². The van der Waals surface area contributed by atoms with E-state index >= 15 is 0 Å².